The highest BCUT2D eigenvalue weighted by molar-refractivity contribution is 5.77. The molecule has 2 fully saturated rings. The van der Waals surface area contributed by atoms with Crippen molar-refractivity contribution in [3.05, 3.63) is 0 Å². The van der Waals surface area contributed by atoms with Crippen molar-refractivity contribution < 1.29 is 14.7 Å². The highest BCUT2D eigenvalue weighted by atomic mass is 16.4. The zero-order valence-electron chi connectivity index (χ0n) is 11.7. The molecule has 0 aromatic heterocycles. The van der Waals surface area contributed by atoms with E-state index in [0.29, 0.717) is 19.4 Å². The number of likely N-dealkylation sites (tertiary alicyclic amines) is 1. The highest BCUT2D eigenvalue weighted by Crippen LogP contribution is 2.37. The first-order valence-corrected chi connectivity index (χ1v) is 7.31. The van der Waals surface area contributed by atoms with Crippen molar-refractivity contribution in [2.75, 3.05) is 19.6 Å². The van der Waals surface area contributed by atoms with Gasteiger partial charge in [0.2, 0.25) is 5.91 Å². The zero-order valence-corrected chi connectivity index (χ0v) is 11.7. The molecule has 0 bridgehead atoms. The van der Waals surface area contributed by atoms with Crippen LogP contribution in [0.1, 0.15) is 45.4 Å². The molecule has 0 radical (unpaired) electrons. The lowest BCUT2D eigenvalue weighted by Gasteiger charge is -2.29. The molecule has 1 amide bonds. The van der Waals surface area contributed by atoms with E-state index in [1.54, 1.807) is 0 Å². The third-order valence-corrected chi connectivity index (χ3v) is 4.54. The number of hydrogen-bond donors (Lipinski definition) is 2. The van der Waals surface area contributed by atoms with Crippen molar-refractivity contribution in [3.63, 3.8) is 0 Å². The summed E-state index contributed by atoms with van der Waals surface area (Å²) in [4.78, 5) is 25.4. The van der Waals surface area contributed by atoms with Gasteiger partial charge in [-0.1, -0.05) is 13.3 Å². The highest BCUT2D eigenvalue weighted by Gasteiger charge is 2.45. The molecule has 0 aromatic carbocycles. The average Bonchev–Trinajstić information content (AvgIpc) is 2.68. The number of aliphatic carboxylic acids is 1. The van der Waals surface area contributed by atoms with Gasteiger partial charge in [-0.2, -0.15) is 0 Å². The zero-order chi connectivity index (χ0) is 13.9. The van der Waals surface area contributed by atoms with Crippen molar-refractivity contribution in [2.24, 2.45) is 5.41 Å². The Morgan fingerprint density at radius 1 is 1.58 bits per heavy atom. The molecule has 19 heavy (non-hydrogen) atoms. The fourth-order valence-corrected chi connectivity index (χ4v) is 3.45. The van der Waals surface area contributed by atoms with Crippen LogP contribution in [-0.4, -0.2) is 47.6 Å². The second-order valence-electron chi connectivity index (χ2n) is 5.91. The fraction of sp³-hybridized carbons (Fsp3) is 0.857. The molecule has 2 atom stereocenters. The Labute approximate surface area is 114 Å². The van der Waals surface area contributed by atoms with Gasteiger partial charge in [-0.25, -0.2) is 0 Å². The molecule has 2 saturated heterocycles. The number of nitrogens with zero attached hydrogens (tertiary/aromatic N) is 1. The summed E-state index contributed by atoms with van der Waals surface area (Å²) in [5.74, 6) is -0.569. The number of carbonyl (C=O) groups is 2. The Morgan fingerprint density at radius 2 is 2.37 bits per heavy atom. The van der Waals surface area contributed by atoms with Gasteiger partial charge >= 0.3 is 5.97 Å². The lowest BCUT2D eigenvalue weighted by molar-refractivity contribution is -0.148. The second-order valence-corrected chi connectivity index (χ2v) is 5.91. The van der Waals surface area contributed by atoms with Crippen LogP contribution in [0.15, 0.2) is 0 Å². The van der Waals surface area contributed by atoms with Gasteiger partial charge in [0.1, 0.15) is 0 Å². The van der Waals surface area contributed by atoms with Crippen LogP contribution >= 0.6 is 0 Å². The SMILES string of the molecule is CCCC1(C(=O)O)CCN(C2CCCNC(=O)C2)C1. The van der Waals surface area contributed by atoms with E-state index in [-0.39, 0.29) is 11.9 Å². The standard InChI is InChI=1S/C14H24N2O3/c1-2-5-14(13(18)19)6-8-16(10-14)11-4-3-7-15-12(17)9-11/h11H,2-10H2,1H3,(H,15,17)(H,18,19). The number of carboxylic acids is 1. The third kappa shape index (κ3) is 3.08. The summed E-state index contributed by atoms with van der Waals surface area (Å²) in [6.07, 6.45) is 4.83. The number of carboxylic acid groups (broad SMARTS) is 1. The van der Waals surface area contributed by atoms with E-state index in [4.69, 9.17) is 0 Å². The van der Waals surface area contributed by atoms with Gasteiger partial charge in [0.15, 0.2) is 0 Å². The van der Waals surface area contributed by atoms with Gasteiger partial charge in [0.05, 0.1) is 5.41 Å². The van der Waals surface area contributed by atoms with Crippen molar-refractivity contribution in [1.82, 2.24) is 10.2 Å². The van der Waals surface area contributed by atoms with E-state index in [1.165, 1.54) is 0 Å². The predicted octanol–water partition coefficient (Wildman–Crippen LogP) is 1.23. The Bertz CT molecular complexity index is 359. The van der Waals surface area contributed by atoms with E-state index in [0.717, 1.165) is 38.8 Å². The fourth-order valence-electron chi connectivity index (χ4n) is 3.45. The molecular formula is C14H24N2O3. The van der Waals surface area contributed by atoms with E-state index in [9.17, 15) is 14.7 Å². The number of amides is 1. The summed E-state index contributed by atoms with van der Waals surface area (Å²) < 4.78 is 0. The molecule has 108 valence electrons. The lowest BCUT2D eigenvalue weighted by atomic mass is 9.82. The smallest absolute Gasteiger partial charge is 0.310 e. The Balaban J connectivity index is 2.03. The van der Waals surface area contributed by atoms with Gasteiger partial charge in [0, 0.05) is 25.6 Å². The lowest BCUT2D eigenvalue weighted by Crippen LogP contribution is -2.40. The van der Waals surface area contributed by atoms with Crippen LogP contribution in [0.4, 0.5) is 0 Å². The Kier molecular flexibility index (Phi) is 4.45. The van der Waals surface area contributed by atoms with Gasteiger partial charge in [-0.05, 0) is 32.2 Å². The summed E-state index contributed by atoms with van der Waals surface area (Å²) in [5.41, 5.74) is -0.586. The normalized spacial score (nSPS) is 32.9. The largest absolute Gasteiger partial charge is 0.481 e. The molecule has 5 nitrogen and oxygen atoms in total. The van der Waals surface area contributed by atoms with Crippen LogP contribution in [0.5, 0.6) is 0 Å². The van der Waals surface area contributed by atoms with Crippen LogP contribution < -0.4 is 5.32 Å². The first-order valence-electron chi connectivity index (χ1n) is 7.31. The molecule has 2 aliphatic rings. The summed E-state index contributed by atoms with van der Waals surface area (Å²) >= 11 is 0. The van der Waals surface area contributed by atoms with Gasteiger partial charge < -0.3 is 10.4 Å². The van der Waals surface area contributed by atoms with Crippen LogP contribution in [-0.2, 0) is 9.59 Å². The van der Waals surface area contributed by atoms with Crippen LogP contribution in [0, 0.1) is 5.41 Å². The van der Waals surface area contributed by atoms with Crippen LogP contribution in [0.3, 0.4) is 0 Å². The van der Waals surface area contributed by atoms with Crippen molar-refractivity contribution >= 4 is 11.9 Å². The van der Waals surface area contributed by atoms with Crippen LogP contribution in [0.2, 0.25) is 0 Å². The number of rotatable bonds is 4. The monoisotopic (exact) mass is 268 g/mol. The second kappa shape index (κ2) is 5.90. The molecule has 2 heterocycles. The molecule has 0 saturated carbocycles. The first kappa shape index (κ1) is 14.3. The van der Waals surface area contributed by atoms with Gasteiger partial charge in [0.25, 0.3) is 0 Å². The molecule has 5 heteroatoms. The summed E-state index contributed by atoms with van der Waals surface area (Å²) in [5, 5.41) is 12.4. The quantitative estimate of drug-likeness (QED) is 0.804. The van der Waals surface area contributed by atoms with Crippen molar-refractivity contribution in [1.29, 1.82) is 0 Å². The van der Waals surface area contributed by atoms with Gasteiger partial charge in [-0.15, -0.1) is 0 Å². The molecule has 0 aromatic rings. The van der Waals surface area contributed by atoms with Gasteiger partial charge in [-0.3, -0.25) is 14.5 Å². The molecule has 2 rings (SSSR count). The average molecular weight is 268 g/mol. The molecule has 2 N–H and O–H groups in total. The minimum Gasteiger partial charge on any atom is -0.481 e. The van der Waals surface area contributed by atoms with E-state index in [1.807, 2.05) is 6.92 Å². The maximum atomic E-state index is 11.6. The summed E-state index contributed by atoms with van der Waals surface area (Å²) in [7, 11) is 0. The molecular weight excluding hydrogens is 244 g/mol. The number of nitrogens with one attached hydrogen (secondary N) is 1. The molecule has 2 aliphatic heterocycles. The molecule has 2 unspecified atom stereocenters. The summed E-state index contributed by atoms with van der Waals surface area (Å²) in [6, 6.07) is 0.223. The Morgan fingerprint density at radius 3 is 3.05 bits per heavy atom. The predicted molar refractivity (Wildman–Crippen MR) is 71.8 cm³/mol. The van der Waals surface area contributed by atoms with E-state index in [2.05, 4.69) is 10.2 Å². The van der Waals surface area contributed by atoms with E-state index >= 15 is 0 Å². The molecule has 0 spiro atoms. The minimum absolute atomic E-state index is 0.103. The maximum absolute atomic E-state index is 11.6. The first-order chi connectivity index (χ1) is 9.07. The minimum atomic E-state index is -0.671. The number of hydrogen-bond acceptors (Lipinski definition) is 3. The topological polar surface area (TPSA) is 69.6 Å². The van der Waals surface area contributed by atoms with Crippen molar-refractivity contribution in [2.45, 2.75) is 51.5 Å². The molecule has 0 aliphatic carbocycles. The maximum Gasteiger partial charge on any atom is 0.310 e. The Hall–Kier alpha value is -1.10. The third-order valence-electron chi connectivity index (χ3n) is 4.54. The van der Waals surface area contributed by atoms with Crippen LogP contribution in [0.25, 0.3) is 0 Å². The number of carbonyl (C=O) groups excluding carboxylic acids is 1. The van der Waals surface area contributed by atoms with E-state index < -0.39 is 11.4 Å². The van der Waals surface area contributed by atoms with Crippen molar-refractivity contribution in [3.8, 4) is 0 Å². The summed E-state index contributed by atoms with van der Waals surface area (Å²) in [6.45, 7) is 4.20.